The van der Waals surface area contributed by atoms with E-state index in [1.165, 1.54) is 11.3 Å². The number of nitrogens with one attached hydrogen (secondary N) is 1. The first-order chi connectivity index (χ1) is 13.9. The van der Waals surface area contributed by atoms with Crippen LogP contribution in [-0.4, -0.2) is 59.7 Å². The van der Waals surface area contributed by atoms with Crippen molar-refractivity contribution >= 4 is 15.7 Å². The zero-order valence-electron chi connectivity index (χ0n) is 17.5. The molecule has 1 heterocycles. The lowest BCUT2D eigenvalue weighted by atomic mass is 10.2. The molecule has 1 N–H and O–H groups in total. The molecule has 29 heavy (non-hydrogen) atoms. The normalized spacial score (nSPS) is 15.5. The molecule has 1 aliphatic heterocycles. The quantitative estimate of drug-likeness (QED) is 0.669. The van der Waals surface area contributed by atoms with Crippen LogP contribution in [0.25, 0.3) is 0 Å². The van der Waals surface area contributed by atoms with E-state index >= 15 is 0 Å². The van der Waals surface area contributed by atoms with Gasteiger partial charge in [-0.1, -0.05) is 12.1 Å². The molecule has 3 rings (SSSR count). The van der Waals surface area contributed by atoms with Gasteiger partial charge in [-0.25, -0.2) is 13.1 Å². The van der Waals surface area contributed by atoms with E-state index in [1.807, 2.05) is 6.92 Å². The monoisotopic (exact) mass is 417 g/mol. The van der Waals surface area contributed by atoms with Crippen molar-refractivity contribution < 1.29 is 13.2 Å². The standard InChI is InChI=1S/C22H31N3O3S/c1-18-6-4-7-20(16-18)25-14-12-24(13-15-25)11-5-10-23-29(26,27)21-8-9-22(28-3)19(2)17-21/h4,6-9,16-17,23H,5,10-15H2,1-3H3. The van der Waals surface area contributed by atoms with Crippen molar-refractivity contribution in [2.24, 2.45) is 0 Å². The fourth-order valence-corrected chi connectivity index (χ4v) is 4.82. The number of hydrogen-bond donors (Lipinski definition) is 1. The summed E-state index contributed by atoms with van der Waals surface area (Å²) in [6, 6.07) is 13.5. The van der Waals surface area contributed by atoms with Gasteiger partial charge in [-0.15, -0.1) is 0 Å². The van der Waals surface area contributed by atoms with Crippen molar-refractivity contribution in [2.45, 2.75) is 25.2 Å². The number of nitrogens with zero attached hydrogens (tertiary/aromatic N) is 2. The van der Waals surface area contributed by atoms with E-state index in [9.17, 15) is 8.42 Å². The Labute approximate surface area is 174 Å². The number of methoxy groups -OCH3 is 1. The van der Waals surface area contributed by atoms with Gasteiger partial charge < -0.3 is 9.64 Å². The summed E-state index contributed by atoms with van der Waals surface area (Å²) in [5.74, 6) is 0.689. The largest absolute Gasteiger partial charge is 0.496 e. The Morgan fingerprint density at radius 2 is 1.79 bits per heavy atom. The molecule has 6 nitrogen and oxygen atoms in total. The van der Waals surface area contributed by atoms with Crippen LogP contribution in [0.15, 0.2) is 47.4 Å². The van der Waals surface area contributed by atoms with Crippen LogP contribution >= 0.6 is 0 Å². The molecular formula is C22H31N3O3S. The first kappa shape index (κ1) is 21.6. The lowest BCUT2D eigenvalue weighted by molar-refractivity contribution is 0.255. The Bertz CT molecular complexity index is 923. The summed E-state index contributed by atoms with van der Waals surface area (Å²) in [6.07, 6.45) is 0.790. The maximum Gasteiger partial charge on any atom is 0.240 e. The Hall–Kier alpha value is -2.09. The second kappa shape index (κ2) is 9.61. The van der Waals surface area contributed by atoms with Gasteiger partial charge in [-0.3, -0.25) is 4.90 Å². The van der Waals surface area contributed by atoms with E-state index in [-0.39, 0.29) is 4.90 Å². The van der Waals surface area contributed by atoms with Crippen LogP contribution in [0.3, 0.4) is 0 Å². The smallest absolute Gasteiger partial charge is 0.240 e. The molecular weight excluding hydrogens is 386 g/mol. The van der Waals surface area contributed by atoms with Crippen LogP contribution in [0.5, 0.6) is 5.75 Å². The second-order valence-electron chi connectivity index (χ2n) is 7.55. The summed E-state index contributed by atoms with van der Waals surface area (Å²) in [6.45, 7) is 9.29. The van der Waals surface area contributed by atoms with Gasteiger partial charge in [0.15, 0.2) is 0 Å². The van der Waals surface area contributed by atoms with E-state index in [4.69, 9.17) is 4.74 Å². The molecule has 1 saturated heterocycles. The van der Waals surface area contributed by atoms with E-state index in [0.29, 0.717) is 12.3 Å². The van der Waals surface area contributed by atoms with Crippen LogP contribution in [-0.2, 0) is 10.0 Å². The number of anilines is 1. The lowest BCUT2D eigenvalue weighted by Crippen LogP contribution is -2.47. The fourth-order valence-electron chi connectivity index (χ4n) is 3.66. The van der Waals surface area contributed by atoms with Crippen LogP contribution < -0.4 is 14.4 Å². The summed E-state index contributed by atoms with van der Waals surface area (Å²) < 4.78 is 32.9. The molecule has 0 spiro atoms. The van der Waals surface area contributed by atoms with Crippen molar-refractivity contribution in [3.8, 4) is 5.75 Å². The van der Waals surface area contributed by atoms with E-state index < -0.39 is 10.0 Å². The van der Waals surface area contributed by atoms with Crippen molar-refractivity contribution in [1.82, 2.24) is 9.62 Å². The zero-order valence-corrected chi connectivity index (χ0v) is 18.3. The van der Waals surface area contributed by atoms with Gasteiger partial charge in [0, 0.05) is 38.4 Å². The molecule has 0 bridgehead atoms. The average molecular weight is 418 g/mol. The van der Waals surface area contributed by atoms with Crippen LogP contribution in [0.2, 0.25) is 0 Å². The first-order valence-corrected chi connectivity index (χ1v) is 11.6. The number of hydrogen-bond acceptors (Lipinski definition) is 5. The highest BCUT2D eigenvalue weighted by Gasteiger charge is 2.18. The number of piperazine rings is 1. The van der Waals surface area contributed by atoms with E-state index in [0.717, 1.165) is 44.7 Å². The minimum atomic E-state index is -3.49. The summed E-state index contributed by atoms with van der Waals surface area (Å²) in [4.78, 5) is 5.10. The van der Waals surface area contributed by atoms with Crippen LogP contribution in [0.1, 0.15) is 17.5 Å². The van der Waals surface area contributed by atoms with Crippen LogP contribution in [0, 0.1) is 13.8 Å². The number of ether oxygens (including phenoxy) is 1. The molecule has 0 radical (unpaired) electrons. The summed E-state index contributed by atoms with van der Waals surface area (Å²) in [5.41, 5.74) is 3.37. The topological polar surface area (TPSA) is 61.9 Å². The van der Waals surface area contributed by atoms with Crippen LogP contribution in [0.4, 0.5) is 5.69 Å². The molecule has 1 aliphatic rings. The minimum absolute atomic E-state index is 0.280. The Kier molecular flexibility index (Phi) is 7.16. The molecule has 0 aliphatic carbocycles. The average Bonchev–Trinajstić information content (AvgIpc) is 2.71. The first-order valence-electron chi connectivity index (χ1n) is 10.1. The summed E-state index contributed by atoms with van der Waals surface area (Å²) >= 11 is 0. The lowest BCUT2D eigenvalue weighted by Gasteiger charge is -2.36. The van der Waals surface area contributed by atoms with Crippen molar-refractivity contribution in [1.29, 1.82) is 0 Å². The van der Waals surface area contributed by atoms with Gasteiger partial charge in [0.2, 0.25) is 10.0 Å². The molecule has 0 saturated carbocycles. The zero-order chi connectivity index (χ0) is 20.9. The third-order valence-corrected chi connectivity index (χ3v) is 6.82. The number of aryl methyl sites for hydroxylation is 2. The van der Waals surface area contributed by atoms with Gasteiger partial charge in [0.05, 0.1) is 12.0 Å². The van der Waals surface area contributed by atoms with Gasteiger partial charge in [-0.2, -0.15) is 0 Å². The van der Waals surface area contributed by atoms with Gasteiger partial charge in [-0.05, 0) is 68.3 Å². The van der Waals surface area contributed by atoms with Crippen molar-refractivity contribution in [3.63, 3.8) is 0 Å². The Morgan fingerprint density at radius 3 is 2.45 bits per heavy atom. The molecule has 0 aromatic heterocycles. The third-order valence-electron chi connectivity index (χ3n) is 5.36. The van der Waals surface area contributed by atoms with Crippen molar-refractivity contribution in [3.05, 3.63) is 53.6 Å². The molecule has 0 atom stereocenters. The maximum atomic E-state index is 12.5. The predicted molar refractivity (Wildman–Crippen MR) is 117 cm³/mol. The van der Waals surface area contributed by atoms with E-state index in [2.05, 4.69) is 45.7 Å². The molecule has 2 aromatic carbocycles. The third kappa shape index (κ3) is 5.72. The highest BCUT2D eigenvalue weighted by atomic mass is 32.2. The summed E-state index contributed by atoms with van der Waals surface area (Å²) in [5, 5.41) is 0. The van der Waals surface area contributed by atoms with Gasteiger partial charge >= 0.3 is 0 Å². The fraction of sp³-hybridized carbons (Fsp3) is 0.455. The second-order valence-corrected chi connectivity index (χ2v) is 9.32. The number of sulfonamides is 1. The Morgan fingerprint density at radius 1 is 1.03 bits per heavy atom. The molecule has 0 unspecified atom stereocenters. The molecule has 0 amide bonds. The van der Waals surface area contributed by atoms with Gasteiger partial charge in [0.25, 0.3) is 0 Å². The van der Waals surface area contributed by atoms with Crippen molar-refractivity contribution in [2.75, 3.05) is 51.3 Å². The highest BCUT2D eigenvalue weighted by molar-refractivity contribution is 7.89. The summed E-state index contributed by atoms with van der Waals surface area (Å²) in [7, 11) is -1.91. The molecule has 2 aromatic rings. The molecule has 158 valence electrons. The van der Waals surface area contributed by atoms with Gasteiger partial charge in [0.1, 0.15) is 5.75 Å². The SMILES string of the molecule is COc1ccc(S(=O)(=O)NCCCN2CCN(c3cccc(C)c3)CC2)cc1C. The highest BCUT2D eigenvalue weighted by Crippen LogP contribution is 2.21. The number of benzene rings is 2. The molecule has 1 fully saturated rings. The minimum Gasteiger partial charge on any atom is -0.496 e. The number of rotatable bonds is 8. The molecule has 7 heteroatoms. The maximum absolute atomic E-state index is 12.5. The van der Waals surface area contributed by atoms with E-state index in [1.54, 1.807) is 25.3 Å². The Balaban J connectivity index is 1.42. The predicted octanol–water partition coefficient (Wildman–Crippen LogP) is 2.80.